The molecule has 1 aromatic heterocycles. The number of hydrogen-bond donors (Lipinski definition) is 2. The molecule has 0 fully saturated rings. The van der Waals surface area contributed by atoms with Gasteiger partial charge in [-0.2, -0.15) is 13.2 Å². The van der Waals surface area contributed by atoms with Gasteiger partial charge in [-0.15, -0.1) is 0 Å². The molecule has 0 amide bonds. The van der Waals surface area contributed by atoms with E-state index in [2.05, 4.69) is 4.98 Å². The van der Waals surface area contributed by atoms with Crippen LogP contribution in [0.1, 0.15) is 5.56 Å². The molecule has 3 nitrogen and oxygen atoms in total. The monoisotopic (exact) mass is 301 g/mol. The van der Waals surface area contributed by atoms with Gasteiger partial charge in [0, 0.05) is 17.2 Å². The fourth-order valence-electron chi connectivity index (χ4n) is 1.65. The Morgan fingerprint density at radius 2 is 1.85 bits per heavy atom. The molecule has 20 heavy (non-hydrogen) atoms. The number of aromatic nitrogens is 1. The lowest BCUT2D eigenvalue weighted by Gasteiger charge is -2.10. The highest BCUT2D eigenvalue weighted by Gasteiger charge is 2.30. The molecule has 0 aliphatic heterocycles. The van der Waals surface area contributed by atoms with Crippen molar-refractivity contribution in [3.63, 3.8) is 0 Å². The minimum absolute atomic E-state index is 0.0370. The van der Waals surface area contributed by atoms with E-state index in [4.69, 9.17) is 21.6 Å². The van der Waals surface area contributed by atoms with Crippen LogP contribution >= 0.6 is 11.6 Å². The minimum atomic E-state index is -4.45. The molecule has 8 heteroatoms. The maximum atomic E-state index is 12.6. The molecular formula is C12H8BClF3NO2. The van der Waals surface area contributed by atoms with Gasteiger partial charge in [-0.25, -0.2) is 0 Å². The Bertz CT molecular complexity index is 634. The minimum Gasteiger partial charge on any atom is -0.423 e. The van der Waals surface area contributed by atoms with Gasteiger partial charge >= 0.3 is 13.3 Å². The summed E-state index contributed by atoms with van der Waals surface area (Å²) in [6, 6.07) is 5.82. The van der Waals surface area contributed by atoms with Gasteiger partial charge in [0.2, 0.25) is 0 Å². The molecule has 0 saturated carbocycles. The van der Waals surface area contributed by atoms with Crippen molar-refractivity contribution in [3.8, 4) is 11.3 Å². The topological polar surface area (TPSA) is 53.4 Å². The van der Waals surface area contributed by atoms with Gasteiger partial charge in [0.1, 0.15) is 0 Å². The lowest BCUT2D eigenvalue weighted by molar-refractivity contribution is -0.137. The lowest BCUT2D eigenvalue weighted by Crippen LogP contribution is -2.30. The van der Waals surface area contributed by atoms with Crippen LogP contribution in [0.25, 0.3) is 11.3 Å². The second kappa shape index (κ2) is 5.44. The zero-order valence-corrected chi connectivity index (χ0v) is 10.7. The highest BCUT2D eigenvalue weighted by molar-refractivity contribution is 6.59. The summed E-state index contributed by atoms with van der Waals surface area (Å²) in [5.74, 6) is 0. The van der Waals surface area contributed by atoms with E-state index < -0.39 is 18.9 Å². The van der Waals surface area contributed by atoms with E-state index in [1.54, 1.807) is 0 Å². The molecule has 0 aliphatic rings. The quantitative estimate of drug-likeness (QED) is 0.835. The van der Waals surface area contributed by atoms with Crippen LogP contribution in [0.4, 0.5) is 13.2 Å². The SMILES string of the molecule is OB(O)c1cnc(-c2cccc(C(F)(F)F)c2)c(Cl)c1. The van der Waals surface area contributed by atoms with Gasteiger partial charge in [0.25, 0.3) is 0 Å². The zero-order chi connectivity index (χ0) is 14.9. The number of benzene rings is 1. The summed E-state index contributed by atoms with van der Waals surface area (Å²) in [5, 5.41) is 18.0. The summed E-state index contributed by atoms with van der Waals surface area (Å²) in [7, 11) is -1.74. The Balaban J connectivity index is 2.47. The van der Waals surface area contributed by atoms with Crippen molar-refractivity contribution >= 4 is 24.2 Å². The Kier molecular flexibility index (Phi) is 4.03. The van der Waals surface area contributed by atoms with E-state index in [1.807, 2.05) is 0 Å². The maximum absolute atomic E-state index is 12.6. The highest BCUT2D eigenvalue weighted by Crippen LogP contribution is 2.33. The van der Waals surface area contributed by atoms with Crippen LogP contribution in [0.5, 0.6) is 0 Å². The van der Waals surface area contributed by atoms with Crippen molar-refractivity contribution in [1.82, 2.24) is 4.98 Å². The lowest BCUT2D eigenvalue weighted by atomic mass is 9.81. The van der Waals surface area contributed by atoms with Gasteiger partial charge in [0.05, 0.1) is 16.3 Å². The fourth-order valence-corrected chi connectivity index (χ4v) is 1.93. The van der Waals surface area contributed by atoms with Crippen molar-refractivity contribution in [1.29, 1.82) is 0 Å². The first-order valence-corrected chi connectivity index (χ1v) is 5.86. The number of halogens is 4. The van der Waals surface area contributed by atoms with Crippen LogP contribution in [0, 0.1) is 0 Å². The van der Waals surface area contributed by atoms with Gasteiger partial charge in [0.15, 0.2) is 0 Å². The molecule has 0 radical (unpaired) electrons. The first-order valence-electron chi connectivity index (χ1n) is 5.48. The van der Waals surface area contributed by atoms with Crippen molar-refractivity contribution in [2.24, 2.45) is 0 Å². The third-order valence-corrected chi connectivity index (χ3v) is 2.91. The van der Waals surface area contributed by atoms with E-state index in [0.717, 1.165) is 18.3 Å². The van der Waals surface area contributed by atoms with Crippen LogP contribution < -0.4 is 5.46 Å². The molecule has 0 atom stereocenters. The van der Waals surface area contributed by atoms with Crippen molar-refractivity contribution in [3.05, 3.63) is 47.1 Å². The number of alkyl halides is 3. The van der Waals surface area contributed by atoms with Gasteiger partial charge in [-0.05, 0) is 18.2 Å². The van der Waals surface area contributed by atoms with E-state index in [-0.39, 0.29) is 21.7 Å². The van der Waals surface area contributed by atoms with Crippen LogP contribution in [-0.4, -0.2) is 22.2 Å². The molecule has 0 saturated heterocycles. The first kappa shape index (κ1) is 14.8. The maximum Gasteiger partial charge on any atom is 0.490 e. The van der Waals surface area contributed by atoms with Crippen LogP contribution in [-0.2, 0) is 6.18 Å². The average molecular weight is 301 g/mol. The number of rotatable bonds is 2. The number of pyridine rings is 1. The van der Waals surface area contributed by atoms with Gasteiger partial charge < -0.3 is 10.0 Å². The third kappa shape index (κ3) is 3.12. The predicted octanol–water partition coefficient (Wildman–Crippen LogP) is 2.10. The summed E-state index contributed by atoms with van der Waals surface area (Å²) in [5.41, 5.74) is -0.407. The number of hydrogen-bond acceptors (Lipinski definition) is 3. The third-order valence-electron chi connectivity index (χ3n) is 2.62. The normalized spacial score (nSPS) is 11.5. The Hall–Kier alpha value is -1.57. The molecular weight excluding hydrogens is 293 g/mol. The Labute approximate surface area is 117 Å². The smallest absolute Gasteiger partial charge is 0.423 e. The Morgan fingerprint density at radius 1 is 1.15 bits per heavy atom. The summed E-state index contributed by atoms with van der Waals surface area (Å²) < 4.78 is 37.9. The van der Waals surface area contributed by atoms with Crippen molar-refractivity contribution in [2.45, 2.75) is 6.18 Å². The molecule has 0 unspecified atom stereocenters. The van der Waals surface area contributed by atoms with E-state index in [1.165, 1.54) is 18.2 Å². The second-order valence-corrected chi connectivity index (χ2v) is 4.46. The van der Waals surface area contributed by atoms with Crippen molar-refractivity contribution in [2.75, 3.05) is 0 Å². The first-order chi connectivity index (χ1) is 9.29. The van der Waals surface area contributed by atoms with E-state index >= 15 is 0 Å². The summed E-state index contributed by atoms with van der Waals surface area (Å²) in [4.78, 5) is 3.87. The molecule has 0 bridgehead atoms. The summed E-state index contributed by atoms with van der Waals surface area (Å²) >= 11 is 5.91. The standard InChI is InChI=1S/C12H8BClF3NO2/c14-10-5-9(13(19)20)6-18-11(10)7-2-1-3-8(4-7)12(15,16)17/h1-6,19-20H. The fraction of sp³-hybridized carbons (Fsp3) is 0.0833. The molecule has 2 aromatic rings. The molecule has 0 spiro atoms. The summed E-state index contributed by atoms with van der Waals surface area (Å²) in [6.45, 7) is 0. The molecule has 1 aromatic carbocycles. The predicted molar refractivity (Wildman–Crippen MR) is 69.5 cm³/mol. The molecule has 2 rings (SSSR count). The van der Waals surface area contributed by atoms with E-state index in [0.29, 0.717) is 0 Å². The largest absolute Gasteiger partial charge is 0.490 e. The number of nitrogens with zero attached hydrogens (tertiary/aromatic N) is 1. The van der Waals surface area contributed by atoms with Crippen LogP contribution in [0.15, 0.2) is 36.5 Å². The molecule has 0 aliphatic carbocycles. The van der Waals surface area contributed by atoms with E-state index in [9.17, 15) is 13.2 Å². The second-order valence-electron chi connectivity index (χ2n) is 4.05. The molecule has 2 N–H and O–H groups in total. The van der Waals surface area contributed by atoms with Crippen molar-refractivity contribution < 1.29 is 23.2 Å². The zero-order valence-electron chi connectivity index (χ0n) is 9.89. The van der Waals surface area contributed by atoms with Gasteiger partial charge in [-0.1, -0.05) is 23.7 Å². The van der Waals surface area contributed by atoms with Gasteiger partial charge in [-0.3, -0.25) is 4.98 Å². The Morgan fingerprint density at radius 3 is 2.40 bits per heavy atom. The average Bonchev–Trinajstić information content (AvgIpc) is 2.37. The van der Waals surface area contributed by atoms with Crippen LogP contribution in [0.2, 0.25) is 5.02 Å². The summed E-state index contributed by atoms with van der Waals surface area (Å²) in [6.07, 6.45) is -3.31. The molecule has 104 valence electrons. The molecule has 1 heterocycles. The van der Waals surface area contributed by atoms with Crippen LogP contribution in [0.3, 0.4) is 0 Å². The highest BCUT2D eigenvalue weighted by atomic mass is 35.5.